The van der Waals surface area contributed by atoms with Crippen LogP contribution in [0.2, 0.25) is 0 Å². The lowest BCUT2D eigenvalue weighted by Gasteiger charge is -2.29. The fourth-order valence-corrected chi connectivity index (χ4v) is 3.73. The molecule has 2 fully saturated rings. The van der Waals surface area contributed by atoms with E-state index in [1.165, 1.54) is 25.7 Å². The molecule has 2 rings (SSSR count). The number of carbonyl (C=O) groups excluding carboxylic acids is 1. The van der Waals surface area contributed by atoms with Gasteiger partial charge < -0.3 is 4.90 Å². The molecular formula is C18H34N2O. The Hall–Kier alpha value is -0.570. The van der Waals surface area contributed by atoms with Gasteiger partial charge in [0.05, 0.1) is 12.2 Å². The highest BCUT2D eigenvalue weighted by atomic mass is 16.2. The summed E-state index contributed by atoms with van der Waals surface area (Å²) in [6.07, 6.45) is 7.52. The molecule has 1 saturated carbocycles. The number of nitrogens with zero attached hydrogens (tertiary/aromatic N) is 1. The molecule has 3 heteroatoms. The average Bonchev–Trinajstić information content (AvgIpc) is 3.12. The van der Waals surface area contributed by atoms with Crippen LogP contribution in [0.25, 0.3) is 0 Å². The Kier molecular flexibility index (Phi) is 5.34. The van der Waals surface area contributed by atoms with Gasteiger partial charge in [-0.1, -0.05) is 47.5 Å². The van der Waals surface area contributed by atoms with E-state index in [4.69, 9.17) is 0 Å². The lowest BCUT2D eigenvalue weighted by atomic mass is 9.97. The van der Waals surface area contributed by atoms with Gasteiger partial charge in [0.2, 0.25) is 5.91 Å². The van der Waals surface area contributed by atoms with Gasteiger partial charge in [-0.15, -0.1) is 0 Å². The van der Waals surface area contributed by atoms with Crippen molar-refractivity contribution >= 4 is 5.91 Å². The minimum Gasteiger partial charge on any atom is -0.325 e. The fraction of sp³-hybridized carbons (Fsp3) is 0.944. The molecule has 0 spiro atoms. The molecule has 0 bridgehead atoms. The van der Waals surface area contributed by atoms with Gasteiger partial charge in [0, 0.05) is 6.54 Å². The van der Waals surface area contributed by atoms with Crippen LogP contribution in [-0.2, 0) is 4.79 Å². The van der Waals surface area contributed by atoms with Crippen molar-refractivity contribution in [2.45, 2.75) is 85.4 Å². The minimum absolute atomic E-state index is 0.0381. The maximum atomic E-state index is 12.9. The van der Waals surface area contributed by atoms with Crippen molar-refractivity contribution in [3.05, 3.63) is 0 Å². The van der Waals surface area contributed by atoms with Crippen LogP contribution in [0.15, 0.2) is 0 Å². The van der Waals surface area contributed by atoms with Crippen LogP contribution in [0, 0.1) is 17.3 Å². The standard InChI is InChI=1S/C18H34N2O/c1-6-8-18(9-10-18)12-20-15(11-13(3)4)19-16(17(20)21)14(5)7-2/h13-16,19H,6-12H2,1-5H3. The first-order valence-electron chi connectivity index (χ1n) is 8.99. The predicted molar refractivity (Wildman–Crippen MR) is 87.9 cm³/mol. The zero-order valence-corrected chi connectivity index (χ0v) is 14.6. The Morgan fingerprint density at radius 3 is 2.43 bits per heavy atom. The van der Waals surface area contributed by atoms with Crippen LogP contribution < -0.4 is 5.32 Å². The largest absolute Gasteiger partial charge is 0.325 e. The van der Waals surface area contributed by atoms with E-state index in [-0.39, 0.29) is 12.2 Å². The minimum atomic E-state index is 0.0381. The summed E-state index contributed by atoms with van der Waals surface area (Å²) < 4.78 is 0. The Balaban J connectivity index is 2.08. The van der Waals surface area contributed by atoms with E-state index in [2.05, 4.69) is 44.8 Å². The van der Waals surface area contributed by atoms with Crippen LogP contribution >= 0.6 is 0 Å². The van der Waals surface area contributed by atoms with E-state index in [1.54, 1.807) is 0 Å². The zero-order chi connectivity index (χ0) is 15.6. The van der Waals surface area contributed by atoms with Crippen molar-refractivity contribution in [2.75, 3.05) is 6.54 Å². The quantitative estimate of drug-likeness (QED) is 0.739. The van der Waals surface area contributed by atoms with Crippen LogP contribution in [0.3, 0.4) is 0 Å². The normalized spacial score (nSPS) is 29.2. The van der Waals surface area contributed by atoms with E-state index < -0.39 is 0 Å². The number of nitrogens with one attached hydrogen (secondary N) is 1. The van der Waals surface area contributed by atoms with Crippen molar-refractivity contribution in [3.63, 3.8) is 0 Å². The molecule has 2 aliphatic rings. The molecule has 3 nitrogen and oxygen atoms in total. The van der Waals surface area contributed by atoms with Gasteiger partial charge in [0.15, 0.2) is 0 Å². The molecule has 3 unspecified atom stereocenters. The second-order valence-corrected chi connectivity index (χ2v) is 7.89. The maximum absolute atomic E-state index is 12.9. The zero-order valence-electron chi connectivity index (χ0n) is 14.6. The second-order valence-electron chi connectivity index (χ2n) is 7.89. The molecule has 1 aliphatic carbocycles. The Morgan fingerprint density at radius 2 is 1.95 bits per heavy atom. The van der Waals surface area contributed by atoms with Gasteiger partial charge >= 0.3 is 0 Å². The maximum Gasteiger partial charge on any atom is 0.241 e. The van der Waals surface area contributed by atoms with Crippen molar-refractivity contribution in [1.29, 1.82) is 0 Å². The average molecular weight is 294 g/mol. The fourth-order valence-electron chi connectivity index (χ4n) is 3.73. The smallest absolute Gasteiger partial charge is 0.241 e. The predicted octanol–water partition coefficient (Wildman–Crippen LogP) is 3.79. The van der Waals surface area contributed by atoms with Crippen LogP contribution in [0.5, 0.6) is 0 Å². The second kappa shape index (κ2) is 6.68. The van der Waals surface area contributed by atoms with Crippen molar-refractivity contribution in [3.8, 4) is 0 Å². The van der Waals surface area contributed by atoms with Gasteiger partial charge in [-0.2, -0.15) is 0 Å². The molecule has 1 amide bonds. The van der Waals surface area contributed by atoms with E-state index in [0.717, 1.165) is 19.4 Å². The highest BCUT2D eigenvalue weighted by Gasteiger charge is 2.49. The van der Waals surface area contributed by atoms with Crippen molar-refractivity contribution in [1.82, 2.24) is 10.2 Å². The van der Waals surface area contributed by atoms with Gasteiger partial charge in [0.1, 0.15) is 0 Å². The van der Waals surface area contributed by atoms with Gasteiger partial charge in [-0.25, -0.2) is 0 Å². The summed E-state index contributed by atoms with van der Waals surface area (Å²) in [5.41, 5.74) is 0.450. The summed E-state index contributed by atoms with van der Waals surface area (Å²) in [5, 5.41) is 3.64. The molecule has 3 atom stereocenters. The Morgan fingerprint density at radius 1 is 1.29 bits per heavy atom. The molecule has 1 heterocycles. The van der Waals surface area contributed by atoms with Gasteiger partial charge in [-0.05, 0) is 42.9 Å². The first-order chi connectivity index (χ1) is 9.92. The summed E-state index contributed by atoms with van der Waals surface area (Å²) in [7, 11) is 0. The summed E-state index contributed by atoms with van der Waals surface area (Å²) >= 11 is 0. The van der Waals surface area contributed by atoms with Crippen LogP contribution in [0.1, 0.15) is 73.1 Å². The highest BCUT2D eigenvalue weighted by molar-refractivity contribution is 5.84. The molecular weight excluding hydrogens is 260 g/mol. The molecule has 0 aromatic rings. The lowest BCUT2D eigenvalue weighted by molar-refractivity contribution is -0.131. The lowest BCUT2D eigenvalue weighted by Crippen LogP contribution is -2.41. The number of amides is 1. The number of rotatable bonds is 8. The number of hydrogen-bond donors (Lipinski definition) is 1. The summed E-state index contributed by atoms with van der Waals surface area (Å²) in [5.74, 6) is 1.41. The van der Waals surface area contributed by atoms with E-state index in [0.29, 0.717) is 23.2 Å². The number of hydrogen-bond acceptors (Lipinski definition) is 2. The SMILES string of the molecule is CCCC1(CN2C(=O)C(C(C)CC)NC2CC(C)C)CC1. The van der Waals surface area contributed by atoms with E-state index in [1.807, 2.05) is 0 Å². The first kappa shape index (κ1) is 16.8. The van der Waals surface area contributed by atoms with E-state index >= 15 is 0 Å². The topological polar surface area (TPSA) is 32.3 Å². The van der Waals surface area contributed by atoms with Crippen molar-refractivity contribution < 1.29 is 4.79 Å². The summed E-state index contributed by atoms with van der Waals surface area (Å²) in [6.45, 7) is 12.1. The molecule has 1 saturated heterocycles. The van der Waals surface area contributed by atoms with Gasteiger partial charge in [0.25, 0.3) is 0 Å². The van der Waals surface area contributed by atoms with Gasteiger partial charge in [-0.3, -0.25) is 10.1 Å². The molecule has 21 heavy (non-hydrogen) atoms. The summed E-state index contributed by atoms with van der Waals surface area (Å²) in [6, 6.07) is 0.0381. The Labute approximate surface area is 130 Å². The number of carbonyl (C=O) groups is 1. The third-order valence-electron chi connectivity index (χ3n) is 5.45. The van der Waals surface area contributed by atoms with Crippen LogP contribution in [-0.4, -0.2) is 29.6 Å². The molecule has 0 radical (unpaired) electrons. The molecule has 1 N–H and O–H groups in total. The molecule has 1 aliphatic heterocycles. The van der Waals surface area contributed by atoms with Crippen LogP contribution in [0.4, 0.5) is 0 Å². The monoisotopic (exact) mass is 294 g/mol. The Bertz CT molecular complexity index is 362. The third-order valence-corrected chi connectivity index (χ3v) is 5.45. The highest BCUT2D eigenvalue weighted by Crippen LogP contribution is 2.50. The first-order valence-corrected chi connectivity index (χ1v) is 8.99. The molecule has 0 aromatic carbocycles. The van der Waals surface area contributed by atoms with E-state index in [9.17, 15) is 4.79 Å². The molecule has 0 aromatic heterocycles. The summed E-state index contributed by atoms with van der Waals surface area (Å²) in [4.78, 5) is 15.1. The van der Waals surface area contributed by atoms with Crippen molar-refractivity contribution in [2.24, 2.45) is 17.3 Å². The third kappa shape index (κ3) is 3.80. The molecule has 122 valence electrons.